The van der Waals surface area contributed by atoms with Gasteiger partial charge in [0.25, 0.3) is 0 Å². The molecule has 1 aliphatic rings. The molecule has 0 spiro atoms. The quantitative estimate of drug-likeness (QED) is 0.539. The zero-order valence-corrected chi connectivity index (χ0v) is 18.2. The van der Waals surface area contributed by atoms with Crippen LogP contribution in [-0.4, -0.2) is 59.5 Å². The number of rotatable bonds is 8. The molecule has 4 rings (SSSR count). The second-order valence-electron chi connectivity index (χ2n) is 8.02. The maximum absolute atomic E-state index is 13.3. The first kappa shape index (κ1) is 21.4. The summed E-state index contributed by atoms with van der Waals surface area (Å²) >= 11 is 0. The van der Waals surface area contributed by atoms with E-state index >= 15 is 0 Å². The SMILES string of the molecule is CCOc1ccc([C@H](c2nnnn2Cc2ccc(F)cc2)[NH+]2CC[NH+](CC)CC2)cc1. The number of quaternary nitrogens is 2. The third-order valence-electron chi connectivity index (χ3n) is 6.10. The number of nitrogens with zero attached hydrogens (tertiary/aromatic N) is 4. The number of aromatic nitrogens is 4. The molecule has 1 saturated heterocycles. The Morgan fingerprint density at radius 2 is 1.71 bits per heavy atom. The van der Waals surface area contributed by atoms with E-state index in [2.05, 4.69) is 34.6 Å². The maximum Gasteiger partial charge on any atom is 0.214 e. The molecule has 1 aliphatic heterocycles. The highest BCUT2D eigenvalue weighted by Crippen LogP contribution is 2.21. The van der Waals surface area contributed by atoms with Crippen molar-refractivity contribution in [3.05, 3.63) is 71.3 Å². The van der Waals surface area contributed by atoms with Crippen LogP contribution in [0.4, 0.5) is 4.39 Å². The number of halogens is 1. The van der Waals surface area contributed by atoms with Gasteiger partial charge in [0.2, 0.25) is 5.82 Å². The van der Waals surface area contributed by atoms with Crippen LogP contribution in [0.1, 0.15) is 36.8 Å². The van der Waals surface area contributed by atoms with Gasteiger partial charge in [0.1, 0.15) is 37.7 Å². The van der Waals surface area contributed by atoms with Crippen molar-refractivity contribution in [2.75, 3.05) is 39.3 Å². The molecule has 1 aromatic heterocycles. The Morgan fingerprint density at radius 3 is 2.35 bits per heavy atom. The highest BCUT2D eigenvalue weighted by atomic mass is 19.1. The van der Waals surface area contributed by atoms with E-state index in [-0.39, 0.29) is 11.9 Å². The molecule has 8 heteroatoms. The van der Waals surface area contributed by atoms with E-state index in [9.17, 15) is 4.39 Å². The molecule has 2 N–H and O–H groups in total. The molecule has 0 bridgehead atoms. The van der Waals surface area contributed by atoms with E-state index < -0.39 is 0 Å². The third-order valence-corrected chi connectivity index (χ3v) is 6.10. The van der Waals surface area contributed by atoms with Gasteiger partial charge >= 0.3 is 0 Å². The summed E-state index contributed by atoms with van der Waals surface area (Å²) < 4.78 is 20.8. The maximum atomic E-state index is 13.3. The summed E-state index contributed by atoms with van der Waals surface area (Å²) in [5.41, 5.74) is 2.14. The lowest BCUT2D eigenvalue weighted by Crippen LogP contribution is -3.28. The molecule has 0 saturated carbocycles. The summed E-state index contributed by atoms with van der Waals surface area (Å²) in [6.45, 7) is 10.9. The molecule has 0 amide bonds. The third kappa shape index (κ3) is 5.08. The van der Waals surface area contributed by atoms with Crippen molar-refractivity contribution in [3.63, 3.8) is 0 Å². The average Bonchev–Trinajstić information content (AvgIpc) is 3.25. The summed E-state index contributed by atoms with van der Waals surface area (Å²) in [4.78, 5) is 3.11. The first-order valence-electron chi connectivity index (χ1n) is 11.1. The normalized spacial score (nSPS) is 19.8. The van der Waals surface area contributed by atoms with Gasteiger partial charge in [0.05, 0.1) is 19.7 Å². The van der Waals surface area contributed by atoms with Crippen molar-refractivity contribution in [3.8, 4) is 5.75 Å². The van der Waals surface area contributed by atoms with Crippen molar-refractivity contribution < 1.29 is 18.9 Å². The topological polar surface area (TPSA) is 61.7 Å². The van der Waals surface area contributed by atoms with Gasteiger partial charge in [-0.2, -0.15) is 0 Å². The van der Waals surface area contributed by atoms with E-state index in [1.54, 1.807) is 17.0 Å². The second-order valence-corrected chi connectivity index (χ2v) is 8.02. The van der Waals surface area contributed by atoms with Crippen LogP contribution in [0, 0.1) is 5.82 Å². The van der Waals surface area contributed by atoms with Gasteiger partial charge in [0, 0.05) is 5.56 Å². The van der Waals surface area contributed by atoms with Crippen LogP contribution < -0.4 is 14.5 Å². The smallest absolute Gasteiger partial charge is 0.214 e. The molecule has 0 radical (unpaired) electrons. The summed E-state index contributed by atoms with van der Waals surface area (Å²) in [5, 5.41) is 12.7. The number of hydrogen-bond acceptors (Lipinski definition) is 4. The fraction of sp³-hybridized carbons (Fsp3) is 0.435. The summed E-state index contributed by atoms with van der Waals surface area (Å²) in [7, 11) is 0. The molecular formula is C23H31FN6O+2. The van der Waals surface area contributed by atoms with Crippen LogP contribution in [0.2, 0.25) is 0 Å². The molecular weight excluding hydrogens is 395 g/mol. The Hall–Kier alpha value is -2.84. The van der Waals surface area contributed by atoms with E-state index in [4.69, 9.17) is 4.74 Å². The largest absolute Gasteiger partial charge is 0.494 e. The van der Waals surface area contributed by atoms with Gasteiger partial charge in [-0.25, -0.2) is 9.07 Å². The van der Waals surface area contributed by atoms with Crippen LogP contribution in [-0.2, 0) is 6.54 Å². The number of piperazine rings is 1. The fourth-order valence-corrected chi connectivity index (χ4v) is 4.35. The van der Waals surface area contributed by atoms with Crippen molar-refractivity contribution in [1.82, 2.24) is 20.2 Å². The first-order chi connectivity index (χ1) is 15.2. The van der Waals surface area contributed by atoms with Gasteiger partial charge in [0.15, 0.2) is 6.04 Å². The Kier molecular flexibility index (Phi) is 6.89. The summed E-state index contributed by atoms with van der Waals surface area (Å²) in [5.74, 6) is 1.46. The monoisotopic (exact) mass is 426 g/mol. The van der Waals surface area contributed by atoms with Gasteiger partial charge < -0.3 is 14.5 Å². The molecule has 7 nitrogen and oxygen atoms in total. The van der Waals surface area contributed by atoms with E-state index in [0.717, 1.165) is 49.9 Å². The van der Waals surface area contributed by atoms with Crippen molar-refractivity contribution >= 4 is 0 Å². The molecule has 0 unspecified atom stereocenters. The minimum absolute atomic E-state index is 0.0320. The zero-order valence-electron chi connectivity index (χ0n) is 18.2. The molecule has 2 heterocycles. The minimum Gasteiger partial charge on any atom is -0.494 e. The van der Waals surface area contributed by atoms with Crippen LogP contribution in [0.15, 0.2) is 48.5 Å². The number of ether oxygens (including phenoxy) is 1. The fourth-order valence-electron chi connectivity index (χ4n) is 4.35. The number of tetrazole rings is 1. The molecule has 0 aliphatic carbocycles. The predicted octanol–water partition coefficient (Wildman–Crippen LogP) is 0.152. The minimum atomic E-state index is -0.242. The Morgan fingerprint density at radius 1 is 1.00 bits per heavy atom. The Balaban J connectivity index is 1.64. The van der Waals surface area contributed by atoms with E-state index in [1.807, 2.05) is 23.7 Å². The van der Waals surface area contributed by atoms with Crippen LogP contribution in [0.25, 0.3) is 0 Å². The van der Waals surface area contributed by atoms with Crippen LogP contribution >= 0.6 is 0 Å². The first-order valence-corrected chi connectivity index (χ1v) is 11.1. The van der Waals surface area contributed by atoms with Gasteiger partial charge in [-0.05, 0) is 66.2 Å². The number of hydrogen-bond donors (Lipinski definition) is 2. The van der Waals surface area contributed by atoms with Crippen molar-refractivity contribution in [2.24, 2.45) is 0 Å². The molecule has 3 aromatic rings. The number of benzene rings is 2. The van der Waals surface area contributed by atoms with Crippen LogP contribution in [0.5, 0.6) is 5.75 Å². The standard InChI is InChI=1S/C23H29FN6O/c1-3-28-13-15-29(16-14-28)22(19-7-11-21(12-8-19)31-4-2)23-25-26-27-30(23)17-18-5-9-20(24)10-6-18/h5-12,22H,3-4,13-17H2,1-2H3/p+2/t22-/m1/s1. The lowest BCUT2D eigenvalue weighted by Gasteiger charge is -2.33. The lowest BCUT2D eigenvalue weighted by atomic mass is 10.0. The summed E-state index contributed by atoms with van der Waals surface area (Å²) in [6, 6.07) is 14.8. The Bertz CT molecular complexity index is 951. The predicted molar refractivity (Wildman–Crippen MR) is 115 cm³/mol. The number of nitrogens with one attached hydrogen (secondary N) is 2. The second kappa shape index (κ2) is 9.98. The summed E-state index contributed by atoms with van der Waals surface area (Å²) in [6.07, 6.45) is 0. The van der Waals surface area contributed by atoms with E-state index in [0.29, 0.717) is 13.2 Å². The average molecular weight is 427 g/mol. The van der Waals surface area contributed by atoms with Gasteiger partial charge in [-0.15, -0.1) is 5.10 Å². The Labute approximate surface area is 182 Å². The zero-order chi connectivity index (χ0) is 21.6. The molecule has 1 atom stereocenters. The lowest BCUT2D eigenvalue weighted by molar-refractivity contribution is -1.02. The molecule has 164 valence electrons. The van der Waals surface area contributed by atoms with Crippen molar-refractivity contribution in [2.45, 2.75) is 26.4 Å². The van der Waals surface area contributed by atoms with Gasteiger partial charge in [-0.3, -0.25) is 0 Å². The van der Waals surface area contributed by atoms with Gasteiger partial charge in [-0.1, -0.05) is 12.1 Å². The van der Waals surface area contributed by atoms with Crippen LogP contribution in [0.3, 0.4) is 0 Å². The molecule has 2 aromatic carbocycles. The molecule has 31 heavy (non-hydrogen) atoms. The van der Waals surface area contributed by atoms with E-state index in [1.165, 1.54) is 22.6 Å². The molecule has 1 fully saturated rings. The van der Waals surface area contributed by atoms with Crippen molar-refractivity contribution in [1.29, 1.82) is 0 Å². The highest BCUT2D eigenvalue weighted by Gasteiger charge is 2.35. The number of likely N-dealkylation sites (N-methyl/N-ethyl adjacent to an activating group) is 1. The highest BCUT2D eigenvalue weighted by molar-refractivity contribution is 5.31.